The summed E-state index contributed by atoms with van der Waals surface area (Å²) in [6, 6.07) is 0. The Hall–Kier alpha value is -1.10. The predicted octanol–water partition coefficient (Wildman–Crippen LogP) is -0.367. The van der Waals surface area contributed by atoms with E-state index < -0.39 is 17.4 Å². The molecule has 0 aromatic rings. The van der Waals surface area contributed by atoms with Gasteiger partial charge in [-0.05, 0) is 13.3 Å². The number of aliphatic carboxylic acids is 1. The zero-order valence-electron chi connectivity index (χ0n) is 7.03. The van der Waals surface area contributed by atoms with Crippen molar-refractivity contribution >= 4 is 11.9 Å². The van der Waals surface area contributed by atoms with E-state index in [1.807, 2.05) is 0 Å². The van der Waals surface area contributed by atoms with Crippen LogP contribution >= 0.6 is 0 Å². The first-order valence-electron chi connectivity index (χ1n) is 3.41. The minimum Gasteiger partial charge on any atom is -0.480 e. The summed E-state index contributed by atoms with van der Waals surface area (Å²) < 4.78 is 4.30. The molecular weight excluding hydrogens is 164 g/mol. The molecule has 70 valence electrons. The highest BCUT2D eigenvalue weighted by Crippen LogP contribution is 2.22. The van der Waals surface area contributed by atoms with Crippen LogP contribution in [0.4, 0.5) is 0 Å². The van der Waals surface area contributed by atoms with Gasteiger partial charge in [0, 0.05) is 6.61 Å². The molecule has 0 aliphatic carbocycles. The first-order valence-corrected chi connectivity index (χ1v) is 3.41. The van der Waals surface area contributed by atoms with E-state index >= 15 is 0 Å². The van der Waals surface area contributed by atoms with Gasteiger partial charge in [-0.25, -0.2) is 0 Å². The second kappa shape index (κ2) is 4.06. The van der Waals surface area contributed by atoms with E-state index in [9.17, 15) is 9.59 Å². The van der Waals surface area contributed by atoms with Crippen LogP contribution < -0.4 is 0 Å². The van der Waals surface area contributed by atoms with Crippen LogP contribution in [0.2, 0.25) is 0 Å². The molecule has 0 saturated carbocycles. The Morgan fingerprint density at radius 3 is 2.25 bits per heavy atom. The van der Waals surface area contributed by atoms with E-state index in [1.54, 1.807) is 0 Å². The van der Waals surface area contributed by atoms with Gasteiger partial charge in [-0.2, -0.15) is 0 Å². The summed E-state index contributed by atoms with van der Waals surface area (Å²) in [5, 5.41) is 17.2. The molecule has 0 saturated heterocycles. The van der Waals surface area contributed by atoms with E-state index in [4.69, 9.17) is 10.2 Å². The van der Waals surface area contributed by atoms with Crippen molar-refractivity contribution in [1.29, 1.82) is 0 Å². The highest BCUT2D eigenvalue weighted by molar-refractivity contribution is 5.98. The van der Waals surface area contributed by atoms with Crippen LogP contribution in [-0.2, 0) is 14.3 Å². The van der Waals surface area contributed by atoms with Crippen molar-refractivity contribution in [3.8, 4) is 0 Å². The smallest absolute Gasteiger partial charge is 0.322 e. The number of rotatable bonds is 4. The van der Waals surface area contributed by atoms with E-state index in [1.165, 1.54) is 6.92 Å². The minimum atomic E-state index is -1.64. The topological polar surface area (TPSA) is 83.8 Å². The van der Waals surface area contributed by atoms with Gasteiger partial charge in [-0.1, -0.05) is 0 Å². The fourth-order valence-electron chi connectivity index (χ4n) is 0.745. The molecule has 2 N–H and O–H groups in total. The zero-order valence-corrected chi connectivity index (χ0v) is 7.03. The van der Waals surface area contributed by atoms with Gasteiger partial charge in [-0.15, -0.1) is 0 Å². The standard InChI is InChI=1S/C7H12O5/c1-7(3-4-8,5(9)10)6(11)12-2/h8H,3-4H2,1-2H3,(H,9,10). The number of carboxylic acid groups (broad SMARTS) is 1. The molecule has 1 atom stereocenters. The number of carbonyl (C=O) groups is 2. The van der Waals surface area contributed by atoms with Crippen molar-refractivity contribution in [2.75, 3.05) is 13.7 Å². The molecule has 0 fully saturated rings. The molecule has 0 bridgehead atoms. The largest absolute Gasteiger partial charge is 0.480 e. The average molecular weight is 176 g/mol. The number of hydrogen-bond acceptors (Lipinski definition) is 4. The van der Waals surface area contributed by atoms with Gasteiger partial charge < -0.3 is 14.9 Å². The molecule has 0 aromatic heterocycles. The molecule has 0 rings (SSSR count). The van der Waals surface area contributed by atoms with Crippen LogP contribution in [0.15, 0.2) is 0 Å². The minimum absolute atomic E-state index is 0.144. The van der Waals surface area contributed by atoms with Gasteiger partial charge in [0.15, 0.2) is 5.41 Å². The zero-order chi connectivity index (χ0) is 9.78. The molecule has 0 aromatic carbocycles. The van der Waals surface area contributed by atoms with Crippen LogP contribution in [0, 0.1) is 5.41 Å². The molecule has 0 spiro atoms. The highest BCUT2D eigenvalue weighted by Gasteiger charge is 2.41. The maximum Gasteiger partial charge on any atom is 0.322 e. The molecule has 5 heteroatoms. The van der Waals surface area contributed by atoms with Crippen molar-refractivity contribution in [2.45, 2.75) is 13.3 Å². The summed E-state index contributed by atoms with van der Waals surface area (Å²) in [6.45, 7) is 0.856. The highest BCUT2D eigenvalue weighted by atomic mass is 16.5. The van der Waals surface area contributed by atoms with Crippen LogP contribution in [0.3, 0.4) is 0 Å². The third kappa shape index (κ3) is 1.94. The third-order valence-corrected chi connectivity index (χ3v) is 1.72. The lowest BCUT2D eigenvalue weighted by molar-refractivity contribution is -0.166. The number of carboxylic acids is 1. The van der Waals surface area contributed by atoms with Crippen molar-refractivity contribution in [3.05, 3.63) is 0 Å². The summed E-state index contributed by atoms with van der Waals surface area (Å²) in [5.74, 6) is -2.13. The van der Waals surface area contributed by atoms with Crippen molar-refractivity contribution in [3.63, 3.8) is 0 Å². The summed E-state index contributed by atoms with van der Waals surface area (Å²) >= 11 is 0. The van der Waals surface area contributed by atoms with Crippen LogP contribution in [0.5, 0.6) is 0 Å². The fourth-order valence-corrected chi connectivity index (χ4v) is 0.745. The second-order valence-electron chi connectivity index (χ2n) is 2.60. The Balaban J connectivity index is 4.61. The maximum absolute atomic E-state index is 11.0. The number of ether oxygens (including phenoxy) is 1. The van der Waals surface area contributed by atoms with E-state index in [0.29, 0.717) is 0 Å². The Bertz CT molecular complexity index is 188. The number of hydrogen-bond donors (Lipinski definition) is 2. The summed E-state index contributed by atoms with van der Waals surface area (Å²) in [5.41, 5.74) is -1.64. The molecule has 0 radical (unpaired) electrons. The summed E-state index contributed by atoms with van der Waals surface area (Å²) in [4.78, 5) is 21.6. The second-order valence-corrected chi connectivity index (χ2v) is 2.60. The number of methoxy groups -OCH3 is 1. The molecule has 0 heterocycles. The van der Waals surface area contributed by atoms with Crippen molar-refractivity contribution in [2.24, 2.45) is 5.41 Å². The number of aliphatic hydroxyl groups excluding tert-OH is 1. The Labute approximate surface area is 70.0 Å². The van der Waals surface area contributed by atoms with Crippen molar-refractivity contribution in [1.82, 2.24) is 0 Å². The van der Waals surface area contributed by atoms with Crippen molar-refractivity contribution < 1.29 is 24.5 Å². The normalized spacial score (nSPS) is 14.9. The summed E-state index contributed by atoms with van der Waals surface area (Å²) in [6.07, 6.45) is -0.144. The molecule has 12 heavy (non-hydrogen) atoms. The summed E-state index contributed by atoms with van der Waals surface area (Å²) in [7, 11) is 1.11. The van der Waals surface area contributed by atoms with Gasteiger partial charge in [0.25, 0.3) is 0 Å². The Morgan fingerprint density at radius 2 is 2.00 bits per heavy atom. The molecule has 0 aliphatic rings. The Morgan fingerprint density at radius 1 is 1.50 bits per heavy atom. The van der Waals surface area contributed by atoms with Gasteiger partial charge in [-0.3, -0.25) is 9.59 Å². The molecular formula is C7H12O5. The quantitative estimate of drug-likeness (QED) is 0.451. The number of carbonyl (C=O) groups excluding carboxylic acids is 1. The SMILES string of the molecule is COC(=O)C(C)(CCO)C(=O)O. The predicted molar refractivity (Wildman–Crippen MR) is 39.5 cm³/mol. The van der Waals surface area contributed by atoms with Gasteiger partial charge in [0.1, 0.15) is 0 Å². The molecule has 0 aliphatic heterocycles. The van der Waals surface area contributed by atoms with Gasteiger partial charge >= 0.3 is 11.9 Å². The third-order valence-electron chi connectivity index (χ3n) is 1.72. The van der Waals surface area contributed by atoms with E-state index in [-0.39, 0.29) is 13.0 Å². The lowest BCUT2D eigenvalue weighted by Gasteiger charge is -2.19. The average Bonchev–Trinajstić information content (AvgIpc) is 2.03. The fraction of sp³-hybridized carbons (Fsp3) is 0.714. The van der Waals surface area contributed by atoms with Gasteiger partial charge in [0.2, 0.25) is 0 Å². The lowest BCUT2D eigenvalue weighted by Crippen LogP contribution is -2.38. The Kier molecular flexibility index (Phi) is 3.69. The van der Waals surface area contributed by atoms with Crippen LogP contribution in [-0.4, -0.2) is 35.9 Å². The first-order chi connectivity index (χ1) is 5.49. The van der Waals surface area contributed by atoms with E-state index in [2.05, 4.69) is 4.74 Å². The molecule has 5 nitrogen and oxygen atoms in total. The van der Waals surface area contributed by atoms with Gasteiger partial charge in [0.05, 0.1) is 7.11 Å². The molecule has 0 amide bonds. The lowest BCUT2D eigenvalue weighted by atomic mass is 9.87. The maximum atomic E-state index is 11.0. The van der Waals surface area contributed by atoms with Crippen LogP contribution in [0.25, 0.3) is 0 Å². The number of esters is 1. The van der Waals surface area contributed by atoms with E-state index in [0.717, 1.165) is 7.11 Å². The van der Waals surface area contributed by atoms with Crippen LogP contribution in [0.1, 0.15) is 13.3 Å². The number of aliphatic hydroxyl groups is 1. The molecule has 1 unspecified atom stereocenters. The first kappa shape index (κ1) is 10.9. The monoisotopic (exact) mass is 176 g/mol.